The fourth-order valence-electron chi connectivity index (χ4n) is 4.34. The molecule has 1 heteroatoms. The van der Waals surface area contributed by atoms with Crippen molar-refractivity contribution in [1.82, 2.24) is 0 Å². The van der Waals surface area contributed by atoms with Crippen LogP contribution in [0.15, 0.2) is 0 Å². The van der Waals surface area contributed by atoms with Gasteiger partial charge in [-0.15, -0.1) is 0 Å². The van der Waals surface area contributed by atoms with E-state index in [1.165, 1.54) is 38.5 Å². The Labute approximate surface area is 133 Å². The number of hydrogen-bond donors (Lipinski definition) is 0. The molecule has 0 bridgehead atoms. The fraction of sp³-hybridized carbons (Fsp3) is 0.950. The van der Waals surface area contributed by atoms with Gasteiger partial charge in [-0.2, -0.15) is 0 Å². The third-order valence-corrected chi connectivity index (χ3v) is 6.34. The predicted molar refractivity (Wildman–Crippen MR) is 92.4 cm³/mol. The molecule has 1 aliphatic carbocycles. The van der Waals surface area contributed by atoms with Crippen LogP contribution in [-0.4, -0.2) is 5.78 Å². The van der Waals surface area contributed by atoms with Crippen molar-refractivity contribution in [3.63, 3.8) is 0 Å². The molecule has 1 unspecified atom stereocenters. The minimum absolute atomic E-state index is 0.354. The van der Waals surface area contributed by atoms with Gasteiger partial charge in [0.15, 0.2) is 0 Å². The zero-order valence-corrected chi connectivity index (χ0v) is 15.4. The summed E-state index contributed by atoms with van der Waals surface area (Å²) in [6.45, 7) is 13.8. The third kappa shape index (κ3) is 5.75. The summed E-state index contributed by atoms with van der Waals surface area (Å²) in [7, 11) is 0. The van der Waals surface area contributed by atoms with Gasteiger partial charge in [-0.25, -0.2) is 0 Å². The minimum atomic E-state index is 0.354. The molecule has 1 aliphatic rings. The largest absolute Gasteiger partial charge is 0.300 e. The SMILES string of the molecule is CC(=O)CCC[C@@]1(C)CCCC1[C@H](C)CC[C@H](C)C(C)C. The van der Waals surface area contributed by atoms with E-state index < -0.39 is 0 Å². The van der Waals surface area contributed by atoms with Gasteiger partial charge in [-0.05, 0) is 61.7 Å². The Balaban J connectivity index is 2.48. The number of carbonyl (C=O) groups excluding carboxylic acids is 1. The van der Waals surface area contributed by atoms with Crippen molar-refractivity contribution in [2.45, 2.75) is 92.9 Å². The Hall–Kier alpha value is -0.330. The standard InChI is InChI=1S/C20H38O/c1-15(2)16(3)11-12-17(4)19-10-8-14-20(19,6)13-7-9-18(5)21/h15-17,19H,7-14H2,1-6H3/t16-,17+,19?,20-/m0/s1. The summed E-state index contributed by atoms with van der Waals surface area (Å²) >= 11 is 0. The number of Topliss-reactive ketones (excluding diaryl/α,β-unsaturated/α-hetero) is 1. The smallest absolute Gasteiger partial charge is 0.129 e. The second-order valence-electron chi connectivity index (χ2n) is 8.48. The van der Waals surface area contributed by atoms with Gasteiger partial charge in [0.2, 0.25) is 0 Å². The number of ketones is 1. The average molecular weight is 295 g/mol. The molecule has 0 aromatic heterocycles. The Morgan fingerprint density at radius 3 is 2.43 bits per heavy atom. The summed E-state index contributed by atoms with van der Waals surface area (Å²) in [5, 5.41) is 0. The second kappa shape index (κ2) is 8.34. The normalized spacial score (nSPS) is 28.8. The summed E-state index contributed by atoms with van der Waals surface area (Å²) in [4.78, 5) is 11.2. The summed E-state index contributed by atoms with van der Waals surface area (Å²) in [5.74, 6) is 3.73. The van der Waals surface area contributed by atoms with E-state index in [9.17, 15) is 4.79 Å². The molecule has 0 amide bonds. The van der Waals surface area contributed by atoms with Crippen LogP contribution in [0, 0.1) is 29.1 Å². The highest BCUT2D eigenvalue weighted by Gasteiger charge is 2.40. The van der Waals surface area contributed by atoms with Crippen LogP contribution in [0.2, 0.25) is 0 Å². The molecule has 124 valence electrons. The molecule has 1 saturated carbocycles. The van der Waals surface area contributed by atoms with Gasteiger partial charge < -0.3 is 4.79 Å². The molecule has 21 heavy (non-hydrogen) atoms. The maximum absolute atomic E-state index is 11.2. The monoisotopic (exact) mass is 294 g/mol. The molecule has 1 nitrogen and oxygen atoms in total. The van der Waals surface area contributed by atoms with Crippen LogP contribution in [0.5, 0.6) is 0 Å². The lowest BCUT2D eigenvalue weighted by molar-refractivity contribution is -0.117. The van der Waals surface area contributed by atoms with Crippen LogP contribution in [-0.2, 0) is 4.79 Å². The van der Waals surface area contributed by atoms with Gasteiger partial charge >= 0.3 is 0 Å². The minimum Gasteiger partial charge on any atom is -0.300 e. The first-order valence-electron chi connectivity index (χ1n) is 9.25. The van der Waals surface area contributed by atoms with Crippen LogP contribution in [0.4, 0.5) is 0 Å². The fourth-order valence-corrected chi connectivity index (χ4v) is 4.34. The van der Waals surface area contributed by atoms with Crippen LogP contribution < -0.4 is 0 Å². The summed E-state index contributed by atoms with van der Waals surface area (Å²) in [6, 6.07) is 0. The maximum Gasteiger partial charge on any atom is 0.129 e. The second-order valence-corrected chi connectivity index (χ2v) is 8.48. The van der Waals surface area contributed by atoms with Gasteiger partial charge in [-0.3, -0.25) is 0 Å². The molecule has 0 aromatic carbocycles. The molecule has 0 aliphatic heterocycles. The van der Waals surface area contributed by atoms with Crippen LogP contribution in [0.3, 0.4) is 0 Å². The van der Waals surface area contributed by atoms with E-state index >= 15 is 0 Å². The first kappa shape index (κ1) is 18.7. The number of hydrogen-bond acceptors (Lipinski definition) is 1. The van der Waals surface area contributed by atoms with Gasteiger partial charge in [-0.1, -0.05) is 53.9 Å². The van der Waals surface area contributed by atoms with Gasteiger partial charge in [0, 0.05) is 6.42 Å². The van der Waals surface area contributed by atoms with E-state index in [4.69, 9.17) is 0 Å². The van der Waals surface area contributed by atoms with E-state index in [-0.39, 0.29) is 0 Å². The summed E-state index contributed by atoms with van der Waals surface area (Å²) in [5.41, 5.74) is 0.496. The van der Waals surface area contributed by atoms with E-state index in [1.807, 2.05) is 0 Å². The molecule has 0 N–H and O–H groups in total. The molecule has 0 saturated heterocycles. The van der Waals surface area contributed by atoms with Crippen molar-refractivity contribution in [3.8, 4) is 0 Å². The molecule has 0 spiro atoms. The average Bonchev–Trinajstić information content (AvgIpc) is 2.77. The van der Waals surface area contributed by atoms with E-state index in [2.05, 4.69) is 34.6 Å². The van der Waals surface area contributed by atoms with Crippen LogP contribution >= 0.6 is 0 Å². The molecule has 0 heterocycles. The Morgan fingerprint density at radius 2 is 1.86 bits per heavy atom. The number of carbonyl (C=O) groups is 1. The molecular formula is C20H38O. The van der Waals surface area contributed by atoms with Crippen molar-refractivity contribution in [1.29, 1.82) is 0 Å². The van der Waals surface area contributed by atoms with Gasteiger partial charge in [0.1, 0.15) is 5.78 Å². The molecular weight excluding hydrogens is 256 g/mol. The molecule has 4 atom stereocenters. The van der Waals surface area contributed by atoms with E-state index in [0.29, 0.717) is 11.2 Å². The molecule has 1 rings (SSSR count). The lowest BCUT2D eigenvalue weighted by atomic mass is 9.69. The molecule has 0 radical (unpaired) electrons. The highest BCUT2D eigenvalue weighted by atomic mass is 16.1. The van der Waals surface area contributed by atoms with E-state index in [1.54, 1.807) is 6.92 Å². The summed E-state index contributed by atoms with van der Waals surface area (Å²) in [6.07, 6.45) is 10.1. The zero-order valence-electron chi connectivity index (χ0n) is 15.4. The quantitative estimate of drug-likeness (QED) is 0.490. The van der Waals surface area contributed by atoms with Crippen molar-refractivity contribution in [3.05, 3.63) is 0 Å². The number of rotatable bonds is 9. The van der Waals surface area contributed by atoms with Crippen molar-refractivity contribution < 1.29 is 4.79 Å². The highest BCUT2D eigenvalue weighted by Crippen LogP contribution is 2.51. The molecule has 1 fully saturated rings. The highest BCUT2D eigenvalue weighted by molar-refractivity contribution is 5.75. The van der Waals surface area contributed by atoms with Crippen LogP contribution in [0.25, 0.3) is 0 Å². The lowest BCUT2D eigenvalue weighted by Gasteiger charge is -2.36. The Kier molecular flexibility index (Phi) is 7.44. The molecule has 0 aromatic rings. The zero-order chi connectivity index (χ0) is 16.0. The van der Waals surface area contributed by atoms with Gasteiger partial charge in [0.25, 0.3) is 0 Å². The maximum atomic E-state index is 11.2. The first-order chi connectivity index (χ1) is 9.76. The van der Waals surface area contributed by atoms with Crippen LogP contribution in [0.1, 0.15) is 92.9 Å². The third-order valence-electron chi connectivity index (χ3n) is 6.34. The summed E-state index contributed by atoms with van der Waals surface area (Å²) < 4.78 is 0. The van der Waals surface area contributed by atoms with Crippen molar-refractivity contribution >= 4 is 5.78 Å². The topological polar surface area (TPSA) is 17.1 Å². The van der Waals surface area contributed by atoms with Crippen molar-refractivity contribution in [2.75, 3.05) is 0 Å². The Morgan fingerprint density at radius 1 is 1.19 bits per heavy atom. The Bertz CT molecular complexity index is 320. The predicted octanol–water partition coefficient (Wildman–Crippen LogP) is 6.26. The van der Waals surface area contributed by atoms with Crippen molar-refractivity contribution in [2.24, 2.45) is 29.1 Å². The first-order valence-corrected chi connectivity index (χ1v) is 9.25. The van der Waals surface area contributed by atoms with Gasteiger partial charge in [0.05, 0.1) is 0 Å². The lowest BCUT2D eigenvalue weighted by Crippen LogP contribution is -2.27. The van der Waals surface area contributed by atoms with E-state index in [0.717, 1.165) is 36.5 Å².